The molecule has 2 aromatic heterocycles. The Morgan fingerprint density at radius 2 is 1.71 bits per heavy atom. The smallest absolute Gasteiger partial charge is 0.147 e. The van der Waals surface area contributed by atoms with E-state index in [1.54, 1.807) is 0 Å². The molecular weight excluding hydrogens is 477 g/mol. The normalized spacial score (nSPS) is 19.1. The zero-order chi connectivity index (χ0) is 23.6. The van der Waals surface area contributed by atoms with Crippen LogP contribution in [-0.2, 0) is 0 Å². The number of piperidine rings is 1. The molecule has 6 heteroatoms. The van der Waals surface area contributed by atoms with E-state index in [0.29, 0.717) is 16.0 Å². The van der Waals surface area contributed by atoms with Crippen molar-refractivity contribution in [2.24, 2.45) is 5.41 Å². The van der Waals surface area contributed by atoms with Crippen LogP contribution in [0.1, 0.15) is 49.3 Å². The quantitative estimate of drug-likeness (QED) is 0.282. The summed E-state index contributed by atoms with van der Waals surface area (Å²) in [5.74, 6) is 1.48. The maximum atomic E-state index is 6.56. The molecule has 0 radical (unpaired) electrons. The van der Waals surface area contributed by atoms with Crippen LogP contribution >= 0.6 is 23.2 Å². The standard InChI is InChI=1S/C29H25Cl2N3O/c30-23-2-1-3-24(31)26(23)27-25(28(35-33-27)19-4-5-19)21-15-29(16-21)9-12-34(13-10-29)22-7-6-18-8-11-32-17-20(18)14-22/h1-3,6-8,11,14-15,17,19H,4-5,9-10,12-13,16H2. The molecule has 1 saturated heterocycles. The number of anilines is 1. The molecular formula is C29H25Cl2N3O. The number of pyridine rings is 1. The van der Waals surface area contributed by atoms with E-state index in [1.807, 2.05) is 30.6 Å². The van der Waals surface area contributed by atoms with Crippen molar-refractivity contribution in [1.29, 1.82) is 0 Å². The molecule has 0 unspecified atom stereocenters. The van der Waals surface area contributed by atoms with Crippen molar-refractivity contribution in [2.75, 3.05) is 18.0 Å². The van der Waals surface area contributed by atoms with Crippen molar-refractivity contribution in [2.45, 2.75) is 38.0 Å². The first kappa shape index (κ1) is 21.5. The fraction of sp³-hybridized carbons (Fsp3) is 0.310. The Labute approximate surface area is 214 Å². The number of benzene rings is 2. The second-order valence-corrected chi connectivity index (χ2v) is 11.1. The van der Waals surface area contributed by atoms with E-state index in [4.69, 9.17) is 27.7 Å². The van der Waals surface area contributed by atoms with Crippen LogP contribution in [0.5, 0.6) is 0 Å². The van der Waals surface area contributed by atoms with Crippen LogP contribution in [0.4, 0.5) is 5.69 Å². The van der Waals surface area contributed by atoms with Crippen LogP contribution in [0.25, 0.3) is 27.6 Å². The highest BCUT2D eigenvalue weighted by Gasteiger charge is 2.44. The van der Waals surface area contributed by atoms with Gasteiger partial charge in [-0.3, -0.25) is 4.98 Å². The molecule has 0 N–H and O–H groups in total. The van der Waals surface area contributed by atoms with Crippen LogP contribution in [-0.4, -0.2) is 23.2 Å². The van der Waals surface area contributed by atoms with Crippen molar-refractivity contribution in [3.05, 3.63) is 82.3 Å². The minimum atomic E-state index is 0.254. The van der Waals surface area contributed by atoms with Crippen LogP contribution in [0, 0.1) is 5.41 Å². The van der Waals surface area contributed by atoms with Crippen molar-refractivity contribution in [3.63, 3.8) is 0 Å². The molecule has 1 saturated carbocycles. The predicted octanol–water partition coefficient (Wildman–Crippen LogP) is 8.15. The van der Waals surface area contributed by atoms with Gasteiger partial charge in [-0.25, -0.2) is 0 Å². The lowest BCUT2D eigenvalue weighted by atomic mass is 9.63. The summed E-state index contributed by atoms with van der Waals surface area (Å²) in [5.41, 5.74) is 5.59. The minimum absolute atomic E-state index is 0.254. The molecule has 1 spiro atoms. The maximum Gasteiger partial charge on any atom is 0.147 e. The highest BCUT2D eigenvalue weighted by Crippen LogP contribution is 2.56. The Morgan fingerprint density at radius 3 is 2.46 bits per heavy atom. The molecule has 0 atom stereocenters. The van der Waals surface area contributed by atoms with Crippen LogP contribution in [0.3, 0.4) is 0 Å². The van der Waals surface area contributed by atoms with Gasteiger partial charge in [-0.1, -0.05) is 46.6 Å². The van der Waals surface area contributed by atoms with E-state index >= 15 is 0 Å². The predicted molar refractivity (Wildman–Crippen MR) is 142 cm³/mol. The minimum Gasteiger partial charge on any atom is -0.371 e. The van der Waals surface area contributed by atoms with Gasteiger partial charge in [-0.05, 0) is 78.8 Å². The topological polar surface area (TPSA) is 42.2 Å². The van der Waals surface area contributed by atoms with Crippen molar-refractivity contribution >= 4 is 45.2 Å². The summed E-state index contributed by atoms with van der Waals surface area (Å²) < 4.78 is 5.91. The Morgan fingerprint density at radius 1 is 0.943 bits per heavy atom. The lowest BCUT2D eigenvalue weighted by Gasteiger charge is -2.47. The molecule has 35 heavy (non-hydrogen) atoms. The number of fused-ring (bicyclic) bond motifs is 1. The second kappa shape index (κ2) is 8.11. The molecule has 3 heterocycles. The first-order valence-electron chi connectivity index (χ1n) is 12.4. The van der Waals surface area contributed by atoms with E-state index in [1.165, 1.54) is 22.0 Å². The zero-order valence-electron chi connectivity index (χ0n) is 19.3. The van der Waals surface area contributed by atoms with Gasteiger partial charge in [0.1, 0.15) is 11.5 Å². The van der Waals surface area contributed by atoms with Crippen LogP contribution in [0.2, 0.25) is 10.0 Å². The average Bonchev–Trinajstić information content (AvgIpc) is 3.62. The molecule has 176 valence electrons. The molecule has 3 aliphatic rings. The van der Waals surface area contributed by atoms with Gasteiger partial charge < -0.3 is 9.42 Å². The van der Waals surface area contributed by atoms with E-state index in [-0.39, 0.29) is 5.41 Å². The van der Waals surface area contributed by atoms with Gasteiger partial charge >= 0.3 is 0 Å². The molecule has 0 bridgehead atoms. The molecule has 2 fully saturated rings. The summed E-state index contributed by atoms with van der Waals surface area (Å²) in [6.45, 7) is 2.11. The fourth-order valence-corrected chi connectivity index (χ4v) is 6.39. The number of rotatable bonds is 4. The van der Waals surface area contributed by atoms with E-state index < -0.39 is 0 Å². The summed E-state index contributed by atoms with van der Waals surface area (Å²) in [6, 6.07) is 14.4. The third-order valence-electron chi connectivity index (χ3n) is 7.96. The zero-order valence-corrected chi connectivity index (χ0v) is 20.8. The van der Waals surface area contributed by atoms with Gasteiger partial charge in [0.15, 0.2) is 0 Å². The summed E-state index contributed by atoms with van der Waals surface area (Å²) in [7, 11) is 0. The van der Waals surface area contributed by atoms with E-state index in [2.05, 4.69) is 45.4 Å². The number of aromatic nitrogens is 2. The molecule has 2 aliphatic carbocycles. The summed E-state index contributed by atoms with van der Waals surface area (Å²) >= 11 is 13.1. The van der Waals surface area contributed by atoms with Gasteiger partial charge in [-0.2, -0.15) is 0 Å². The first-order chi connectivity index (χ1) is 17.1. The van der Waals surface area contributed by atoms with Crippen molar-refractivity contribution in [1.82, 2.24) is 10.1 Å². The third kappa shape index (κ3) is 3.66. The van der Waals surface area contributed by atoms with Gasteiger partial charge in [0.05, 0.1) is 10.0 Å². The summed E-state index contributed by atoms with van der Waals surface area (Å²) in [6.07, 6.45) is 12.0. The molecule has 0 amide bonds. The maximum absolute atomic E-state index is 6.56. The summed E-state index contributed by atoms with van der Waals surface area (Å²) in [4.78, 5) is 6.79. The van der Waals surface area contributed by atoms with Crippen molar-refractivity contribution in [3.8, 4) is 11.3 Å². The van der Waals surface area contributed by atoms with Gasteiger partial charge in [0.2, 0.25) is 0 Å². The number of hydrogen-bond acceptors (Lipinski definition) is 4. The molecule has 4 aromatic rings. The van der Waals surface area contributed by atoms with Gasteiger partial charge in [0, 0.05) is 53.6 Å². The summed E-state index contributed by atoms with van der Waals surface area (Å²) in [5, 5.41) is 8.14. The highest BCUT2D eigenvalue weighted by molar-refractivity contribution is 6.39. The second-order valence-electron chi connectivity index (χ2n) is 10.2. The van der Waals surface area contributed by atoms with Gasteiger partial charge in [0.25, 0.3) is 0 Å². The first-order valence-corrected chi connectivity index (χ1v) is 13.1. The van der Waals surface area contributed by atoms with Crippen molar-refractivity contribution < 1.29 is 4.52 Å². The SMILES string of the molecule is Clc1cccc(Cl)c1-c1noc(C2CC2)c1C1=CC2(CCN(c3ccc4ccncc4c3)CC2)C1. The van der Waals surface area contributed by atoms with E-state index in [0.717, 1.165) is 67.8 Å². The molecule has 7 rings (SSSR count). The Hall–Kier alpha value is -2.82. The average molecular weight is 502 g/mol. The van der Waals surface area contributed by atoms with Crippen LogP contribution < -0.4 is 4.90 Å². The van der Waals surface area contributed by atoms with Crippen LogP contribution in [0.15, 0.2) is 65.5 Å². The Kier molecular flexibility index (Phi) is 4.97. The Bertz CT molecular complexity index is 1460. The number of allylic oxidation sites excluding steroid dienone is 2. The third-order valence-corrected chi connectivity index (χ3v) is 8.59. The number of nitrogens with zero attached hydrogens (tertiary/aromatic N) is 3. The molecule has 4 nitrogen and oxygen atoms in total. The highest BCUT2D eigenvalue weighted by atomic mass is 35.5. The monoisotopic (exact) mass is 501 g/mol. The lowest BCUT2D eigenvalue weighted by molar-refractivity contribution is 0.277. The van der Waals surface area contributed by atoms with E-state index in [9.17, 15) is 0 Å². The van der Waals surface area contributed by atoms with Gasteiger partial charge in [-0.15, -0.1) is 0 Å². The Balaban J connectivity index is 1.16. The lowest BCUT2D eigenvalue weighted by Crippen LogP contribution is -2.42. The number of hydrogen-bond donors (Lipinski definition) is 0. The largest absolute Gasteiger partial charge is 0.371 e. The molecule has 1 aliphatic heterocycles. The number of halogens is 2. The fourth-order valence-electron chi connectivity index (χ4n) is 5.81. The molecule has 2 aromatic carbocycles.